The van der Waals surface area contributed by atoms with Crippen LogP contribution in [0, 0.1) is 0 Å². The van der Waals surface area contributed by atoms with Gasteiger partial charge in [-0.2, -0.15) is 9.50 Å². The fourth-order valence-electron chi connectivity index (χ4n) is 2.44. The molecule has 0 saturated heterocycles. The van der Waals surface area contributed by atoms with Crippen LogP contribution in [0.15, 0.2) is 40.5 Å². The lowest BCUT2D eigenvalue weighted by molar-refractivity contribution is 0.355. The molecule has 25 heavy (non-hydrogen) atoms. The molecule has 0 aliphatic heterocycles. The number of hydrogen-bond acceptors (Lipinski definition) is 7. The fraction of sp³-hybridized carbons (Fsp3) is 0.118. The van der Waals surface area contributed by atoms with E-state index in [1.807, 2.05) is 29.6 Å². The average Bonchev–Trinajstić information content (AvgIpc) is 3.34. The maximum Gasteiger partial charge on any atom is 0.291 e. The van der Waals surface area contributed by atoms with Crippen molar-refractivity contribution in [3.63, 3.8) is 0 Å². The molecule has 3 aromatic heterocycles. The van der Waals surface area contributed by atoms with E-state index >= 15 is 0 Å². The van der Waals surface area contributed by atoms with Gasteiger partial charge in [0.2, 0.25) is 4.96 Å². The summed E-state index contributed by atoms with van der Waals surface area (Å²) in [5, 5.41) is 6.28. The van der Waals surface area contributed by atoms with Crippen LogP contribution in [0.3, 0.4) is 0 Å². The highest BCUT2D eigenvalue weighted by Gasteiger charge is 2.12. The molecule has 1 aromatic carbocycles. The molecule has 4 rings (SSSR count). The van der Waals surface area contributed by atoms with Gasteiger partial charge in [-0.05, 0) is 35.2 Å². The van der Waals surface area contributed by atoms with Crippen molar-refractivity contribution in [1.82, 2.24) is 14.6 Å². The lowest BCUT2D eigenvalue weighted by Gasteiger charge is -2.07. The molecule has 8 heteroatoms. The van der Waals surface area contributed by atoms with E-state index in [9.17, 15) is 4.79 Å². The Bertz CT molecular complexity index is 1150. The molecule has 0 atom stereocenters. The summed E-state index contributed by atoms with van der Waals surface area (Å²) in [5.41, 5.74) is 0.669. The Morgan fingerprint density at radius 1 is 1.16 bits per heavy atom. The molecule has 0 radical (unpaired) electrons. The van der Waals surface area contributed by atoms with Crippen molar-refractivity contribution >= 4 is 33.7 Å². The first kappa shape index (κ1) is 15.8. The van der Waals surface area contributed by atoms with Gasteiger partial charge in [0.1, 0.15) is 0 Å². The van der Waals surface area contributed by atoms with Crippen LogP contribution < -0.4 is 19.6 Å². The number of rotatable bonds is 4. The van der Waals surface area contributed by atoms with Crippen LogP contribution in [0.5, 0.6) is 11.5 Å². The molecule has 0 aliphatic rings. The lowest BCUT2D eigenvalue weighted by Crippen LogP contribution is -2.23. The summed E-state index contributed by atoms with van der Waals surface area (Å²) >= 11 is 2.86. The highest BCUT2D eigenvalue weighted by Crippen LogP contribution is 2.27. The molecule has 0 bridgehead atoms. The number of methoxy groups -OCH3 is 2. The van der Waals surface area contributed by atoms with Crippen LogP contribution in [-0.4, -0.2) is 28.8 Å². The van der Waals surface area contributed by atoms with E-state index in [0.717, 1.165) is 10.4 Å². The van der Waals surface area contributed by atoms with Crippen LogP contribution in [0.1, 0.15) is 5.56 Å². The summed E-state index contributed by atoms with van der Waals surface area (Å²) in [6, 6.07) is 9.37. The standard InChI is InChI=1S/C17H13N3O3S2/c1-22-11-6-5-10(8-12(11)23-2)9-14-16(21)20-17(25-14)18-15(19-20)13-4-3-7-24-13/h3-9H,1-2H3/b14-9+. The molecular weight excluding hydrogens is 358 g/mol. The first-order valence-corrected chi connectivity index (χ1v) is 9.06. The van der Waals surface area contributed by atoms with E-state index in [1.165, 1.54) is 15.9 Å². The van der Waals surface area contributed by atoms with E-state index in [-0.39, 0.29) is 5.56 Å². The van der Waals surface area contributed by atoms with Crippen molar-refractivity contribution in [2.75, 3.05) is 14.2 Å². The van der Waals surface area contributed by atoms with Crippen molar-refractivity contribution < 1.29 is 9.47 Å². The van der Waals surface area contributed by atoms with Gasteiger partial charge >= 0.3 is 0 Å². The van der Waals surface area contributed by atoms with Crippen LogP contribution in [0.25, 0.3) is 21.7 Å². The third-order valence-corrected chi connectivity index (χ3v) is 5.45. The number of benzene rings is 1. The van der Waals surface area contributed by atoms with Gasteiger partial charge in [-0.25, -0.2) is 0 Å². The number of thiophene rings is 1. The number of nitrogens with zero attached hydrogens (tertiary/aromatic N) is 3. The van der Waals surface area contributed by atoms with Gasteiger partial charge in [0.25, 0.3) is 5.56 Å². The predicted molar refractivity (Wildman–Crippen MR) is 98.8 cm³/mol. The molecule has 0 saturated carbocycles. The van der Waals surface area contributed by atoms with Gasteiger partial charge in [0.05, 0.1) is 23.6 Å². The van der Waals surface area contributed by atoms with E-state index < -0.39 is 0 Å². The van der Waals surface area contributed by atoms with E-state index in [1.54, 1.807) is 37.7 Å². The molecule has 3 heterocycles. The number of thiazole rings is 1. The highest BCUT2D eigenvalue weighted by molar-refractivity contribution is 7.15. The maximum atomic E-state index is 12.6. The van der Waals surface area contributed by atoms with Crippen molar-refractivity contribution in [2.24, 2.45) is 0 Å². The van der Waals surface area contributed by atoms with Gasteiger partial charge in [-0.15, -0.1) is 16.4 Å². The van der Waals surface area contributed by atoms with Gasteiger partial charge in [-0.1, -0.05) is 23.5 Å². The second-order valence-corrected chi connectivity index (χ2v) is 7.09. The zero-order valence-electron chi connectivity index (χ0n) is 13.4. The average molecular weight is 371 g/mol. The fourth-order valence-corrected chi connectivity index (χ4v) is 4.00. The molecule has 0 unspecified atom stereocenters. The largest absolute Gasteiger partial charge is 0.493 e. The molecule has 0 amide bonds. The minimum Gasteiger partial charge on any atom is -0.493 e. The second kappa shape index (κ2) is 6.30. The topological polar surface area (TPSA) is 65.7 Å². The first-order chi connectivity index (χ1) is 12.2. The SMILES string of the molecule is COc1ccc(/C=c2/sc3nc(-c4cccs4)nn3c2=O)cc1OC. The quantitative estimate of drug-likeness (QED) is 0.551. The predicted octanol–water partition coefficient (Wildman–Crippen LogP) is 2.44. The Kier molecular flexibility index (Phi) is 3.98. The van der Waals surface area contributed by atoms with E-state index in [4.69, 9.17) is 9.47 Å². The second-order valence-electron chi connectivity index (χ2n) is 5.14. The zero-order chi connectivity index (χ0) is 17.4. The first-order valence-electron chi connectivity index (χ1n) is 7.37. The summed E-state index contributed by atoms with van der Waals surface area (Å²) in [6.45, 7) is 0. The van der Waals surface area contributed by atoms with E-state index in [0.29, 0.717) is 26.8 Å². The van der Waals surface area contributed by atoms with Gasteiger partial charge in [0, 0.05) is 0 Å². The number of aromatic nitrogens is 3. The van der Waals surface area contributed by atoms with Crippen molar-refractivity contribution in [3.8, 4) is 22.2 Å². The summed E-state index contributed by atoms with van der Waals surface area (Å²) in [5.74, 6) is 1.84. The van der Waals surface area contributed by atoms with Crippen LogP contribution in [0.4, 0.5) is 0 Å². The van der Waals surface area contributed by atoms with Crippen LogP contribution >= 0.6 is 22.7 Å². The van der Waals surface area contributed by atoms with Crippen molar-refractivity contribution in [1.29, 1.82) is 0 Å². The van der Waals surface area contributed by atoms with Crippen LogP contribution in [-0.2, 0) is 0 Å². The molecule has 0 spiro atoms. The summed E-state index contributed by atoms with van der Waals surface area (Å²) < 4.78 is 12.4. The van der Waals surface area contributed by atoms with Crippen LogP contribution in [0.2, 0.25) is 0 Å². The Hall–Kier alpha value is -2.71. The summed E-state index contributed by atoms with van der Waals surface area (Å²) in [4.78, 5) is 18.6. The number of hydrogen-bond donors (Lipinski definition) is 0. The smallest absolute Gasteiger partial charge is 0.291 e. The molecule has 126 valence electrons. The monoisotopic (exact) mass is 371 g/mol. The molecular formula is C17H13N3O3S2. The zero-order valence-corrected chi connectivity index (χ0v) is 15.1. The third kappa shape index (κ3) is 2.79. The Labute approximate surface area is 150 Å². The van der Waals surface area contributed by atoms with Crippen molar-refractivity contribution in [3.05, 3.63) is 56.2 Å². The molecule has 0 fully saturated rings. The minimum atomic E-state index is -0.176. The lowest BCUT2D eigenvalue weighted by atomic mass is 10.2. The molecule has 6 nitrogen and oxygen atoms in total. The van der Waals surface area contributed by atoms with E-state index in [2.05, 4.69) is 10.1 Å². The Balaban J connectivity index is 1.79. The highest BCUT2D eigenvalue weighted by atomic mass is 32.1. The third-order valence-electron chi connectivity index (χ3n) is 3.63. The van der Waals surface area contributed by atoms with Gasteiger partial charge < -0.3 is 9.47 Å². The maximum absolute atomic E-state index is 12.6. The number of fused-ring (bicyclic) bond motifs is 1. The Morgan fingerprint density at radius 2 is 2.00 bits per heavy atom. The van der Waals surface area contributed by atoms with Gasteiger partial charge in [-0.3, -0.25) is 4.79 Å². The normalized spacial score (nSPS) is 12.0. The molecule has 0 N–H and O–H groups in total. The van der Waals surface area contributed by atoms with Gasteiger partial charge in [0.15, 0.2) is 17.3 Å². The van der Waals surface area contributed by atoms with Crippen molar-refractivity contribution in [2.45, 2.75) is 0 Å². The Morgan fingerprint density at radius 3 is 2.68 bits per heavy atom. The molecule has 0 aliphatic carbocycles. The summed E-state index contributed by atoms with van der Waals surface area (Å²) in [6.07, 6.45) is 1.80. The molecule has 4 aromatic rings. The number of ether oxygens (including phenoxy) is 2. The minimum absolute atomic E-state index is 0.176. The summed E-state index contributed by atoms with van der Waals surface area (Å²) in [7, 11) is 3.16.